The van der Waals surface area contributed by atoms with E-state index in [1.807, 2.05) is 18.6 Å². The third kappa shape index (κ3) is 3.38. The number of nitrogens with one attached hydrogen (secondary N) is 2. The summed E-state index contributed by atoms with van der Waals surface area (Å²) in [4.78, 5) is 5.74. The van der Waals surface area contributed by atoms with E-state index in [0.29, 0.717) is 0 Å². The lowest BCUT2D eigenvalue weighted by Crippen LogP contribution is -2.11. The summed E-state index contributed by atoms with van der Waals surface area (Å²) in [6.45, 7) is 8.26. The van der Waals surface area contributed by atoms with Crippen molar-refractivity contribution in [1.82, 2.24) is 20.5 Å². The van der Waals surface area contributed by atoms with Gasteiger partial charge in [-0.3, -0.25) is 5.10 Å². The molecular formula is C12H18N4S. The van der Waals surface area contributed by atoms with Crippen molar-refractivity contribution in [3.63, 3.8) is 0 Å². The molecule has 2 N–H and O–H groups in total. The maximum absolute atomic E-state index is 4.46. The van der Waals surface area contributed by atoms with Crippen molar-refractivity contribution in [3.05, 3.63) is 34.0 Å². The van der Waals surface area contributed by atoms with Gasteiger partial charge >= 0.3 is 0 Å². The molecule has 0 aliphatic carbocycles. The zero-order valence-corrected chi connectivity index (χ0v) is 11.3. The SMILES string of the molecule is CC(C)(C)c1ncc(CNCc2cn[nH]c2)s1. The number of nitrogens with zero attached hydrogens (tertiary/aromatic N) is 2. The van der Waals surface area contributed by atoms with Crippen LogP contribution in [-0.2, 0) is 18.5 Å². The molecule has 0 aliphatic rings. The zero-order chi connectivity index (χ0) is 12.3. The predicted molar refractivity (Wildman–Crippen MR) is 69.9 cm³/mol. The van der Waals surface area contributed by atoms with Crippen molar-refractivity contribution in [1.29, 1.82) is 0 Å². The van der Waals surface area contributed by atoms with E-state index in [2.05, 4.69) is 41.3 Å². The summed E-state index contributed by atoms with van der Waals surface area (Å²) >= 11 is 1.78. The Morgan fingerprint density at radius 1 is 1.29 bits per heavy atom. The number of thiazole rings is 1. The van der Waals surface area contributed by atoms with Crippen LogP contribution >= 0.6 is 11.3 Å². The second-order valence-electron chi connectivity index (χ2n) is 5.09. The first-order valence-corrected chi connectivity index (χ1v) is 6.51. The monoisotopic (exact) mass is 250 g/mol. The van der Waals surface area contributed by atoms with Gasteiger partial charge in [0.15, 0.2) is 0 Å². The summed E-state index contributed by atoms with van der Waals surface area (Å²) in [5.74, 6) is 0. The quantitative estimate of drug-likeness (QED) is 0.876. The average Bonchev–Trinajstić information content (AvgIpc) is 2.86. The molecule has 0 bridgehead atoms. The Bertz CT molecular complexity index is 453. The van der Waals surface area contributed by atoms with E-state index in [9.17, 15) is 0 Å². The number of H-pyrrole nitrogens is 1. The molecule has 0 saturated heterocycles. The Labute approximate surface area is 105 Å². The van der Waals surface area contributed by atoms with Crippen molar-refractivity contribution in [3.8, 4) is 0 Å². The Balaban J connectivity index is 1.85. The van der Waals surface area contributed by atoms with E-state index in [1.54, 1.807) is 11.3 Å². The molecule has 0 unspecified atom stereocenters. The van der Waals surface area contributed by atoms with Gasteiger partial charge in [-0.05, 0) is 0 Å². The first-order chi connectivity index (χ1) is 8.05. The molecule has 2 rings (SSSR count). The fourth-order valence-corrected chi connectivity index (χ4v) is 2.38. The van der Waals surface area contributed by atoms with Crippen molar-refractivity contribution in [2.75, 3.05) is 0 Å². The minimum atomic E-state index is 0.146. The Morgan fingerprint density at radius 3 is 2.71 bits per heavy atom. The minimum absolute atomic E-state index is 0.146. The molecule has 2 heterocycles. The number of hydrogen-bond acceptors (Lipinski definition) is 4. The Hall–Kier alpha value is -1.20. The van der Waals surface area contributed by atoms with Crippen molar-refractivity contribution >= 4 is 11.3 Å². The molecule has 0 fully saturated rings. The second kappa shape index (κ2) is 4.98. The van der Waals surface area contributed by atoms with E-state index in [0.717, 1.165) is 13.1 Å². The highest BCUT2D eigenvalue weighted by atomic mass is 32.1. The number of rotatable bonds is 4. The summed E-state index contributed by atoms with van der Waals surface area (Å²) in [6.07, 6.45) is 5.70. The van der Waals surface area contributed by atoms with Crippen LogP contribution in [0.4, 0.5) is 0 Å². The normalized spacial score (nSPS) is 11.9. The fraction of sp³-hybridized carbons (Fsp3) is 0.500. The third-order valence-electron chi connectivity index (χ3n) is 2.38. The maximum atomic E-state index is 4.46. The Kier molecular flexibility index (Phi) is 3.59. The van der Waals surface area contributed by atoms with E-state index >= 15 is 0 Å². The molecule has 92 valence electrons. The standard InChI is InChI=1S/C12H18N4S/c1-12(2,3)11-14-8-10(17-11)7-13-4-9-5-15-16-6-9/h5-6,8,13H,4,7H2,1-3H3,(H,15,16). The number of aromatic amines is 1. The summed E-state index contributed by atoms with van der Waals surface area (Å²) in [5, 5.41) is 11.3. The summed E-state index contributed by atoms with van der Waals surface area (Å²) in [7, 11) is 0. The molecule has 5 heteroatoms. The van der Waals surface area contributed by atoms with E-state index in [-0.39, 0.29) is 5.41 Å². The van der Waals surface area contributed by atoms with Gasteiger partial charge in [0.2, 0.25) is 0 Å². The number of hydrogen-bond donors (Lipinski definition) is 2. The lowest BCUT2D eigenvalue weighted by molar-refractivity contribution is 0.585. The van der Waals surface area contributed by atoms with E-state index in [4.69, 9.17) is 0 Å². The van der Waals surface area contributed by atoms with Crippen LogP contribution in [0.1, 0.15) is 36.2 Å². The molecule has 0 spiro atoms. The lowest BCUT2D eigenvalue weighted by Gasteiger charge is -2.13. The topological polar surface area (TPSA) is 53.6 Å². The summed E-state index contributed by atoms with van der Waals surface area (Å²) < 4.78 is 0. The highest BCUT2D eigenvalue weighted by Crippen LogP contribution is 2.26. The van der Waals surface area contributed by atoms with Gasteiger partial charge in [-0.25, -0.2) is 4.98 Å². The van der Waals surface area contributed by atoms with Gasteiger partial charge in [0, 0.05) is 41.3 Å². The smallest absolute Gasteiger partial charge is 0.0981 e. The van der Waals surface area contributed by atoms with Crippen LogP contribution in [0.15, 0.2) is 18.6 Å². The van der Waals surface area contributed by atoms with Gasteiger partial charge in [-0.2, -0.15) is 5.10 Å². The fourth-order valence-electron chi connectivity index (χ4n) is 1.44. The first-order valence-electron chi connectivity index (χ1n) is 5.69. The van der Waals surface area contributed by atoms with Gasteiger partial charge in [0.05, 0.1) is 11.2 Å². The summed E-state index contributed by atoms with van der Waals surface area (Å²) in [5.41, 5.74) is 1.32. The molecule has 17 heavy (non-hydrogen) atoms. The largest absolute Gasteiger partial charge is 0.308 e. The maximum Gasteiger partial charge on any atom is 0.0981 e. The molecule has 0 saturated carbocycles. The highest BCUT2D eigenvalue weighted by Gasteiger charge is 2.17. The predicted octanol–water partition coefficient (Wildman–Crippen LogP) is 2.45. The Morgan fingerprint density at radius 2 is 2.12 bits per heavy atom. The average molecular weight is 250 g/mol. The molecule has 0 radical (unpaired) electrons. The van der Waals surface area contributed by atoms with Gasteiger partial charge in [0.25, 0.3) is 0 Å². The van der Waals surface area contributed by atoms with Gasteiger partial charge in [0.1, 0.15) is 0 Å². The van der Waals surface area contributed by atoms with Crippen LogP contribution < -0.4 is 5.32 Å². The van der Waals surface area contributed by atoms with Crippen molar-refractivity contribution in [2.45, 2.75) is 39.3 Å². The second-order valence-corrected chi connectivity index (χ2v) is 6.21. The molecule has 0 aliphatic heterocycles. The highest BCUT2D eigenvalue weighted by molar-refractivity contribution is 7.11. The van der Waals surface area contributed by atoms with Crippen molar-refractivity contribution < 1.29 is 0 Å². The van der Waals surface area contributed by atoms with Crippen LogP contribution in [0.5, 0.6) is 0 Å². The number of aromatic nitrogens is 3. The molecule has 2 aromatic rings. The van der Waals surface area contributed by atoms with Crippen LogP contribution in [-0.4, -0.2) is 15.2 Å². The van der Waals surface area contributed by atoms with Crippen LogP contribution in [0, 0.1) is 0 Å². The van der Waals surface area contributed by atoms with Crippen LogP contribution in [0.2, 0.25) is 0 Å². The van der Waals surface area contributed by atoms with Gasteiger partial charge in [-0.1, -0.05) is 20.8 Å². The van der Waals surface area contributed by atoms with Crippen LogP contribution in [0.3, 0.4) is 0 Å². The molecule has 0 amide bonds. The molecular weight excluding hydrogens is 232 g/mol. The molecule has 0 aromatic carbocycles. The lowest BCUT2D eigenvalue weighted by atomic mass is 9.98. The van der Waals surface area contributed by atoms with Gasteiger partial charge < -0.3 is 5.32 Å². The third-order valence-corrected chi connectivity index (χ3v) is 3.80. The molecule has 4 nitrogen and oxygen atoms in total. The van der Waals surface area contributed by atoms with E-state index in [1.165, 1.54) is 15.4 Å². The zero-order valence-electron chi connectivity index (χ0n) is 10.4. The van der Waals surface area contributed by atoms with E-state index < -0.39 is 0 Å². The summed E-state index contributed by atoms with van der Waals surface area (Å²) in [6, 6.07) is 0. The van der Waals surface area contributed by atoms with Crippen LogP contribution in [0.25, 0.3) is 0 Å². The minimum Gasteiger partial charge on any atom is -0.308 e. The van der Waals surface area contributed by atoms with Crippen molar-refractivity contribution in [2.24, 2.45) is 0 Å². The first kappa shape index (κ1) is 12.3. The molecule has 0 atom stereocenters. The van der Waals surface area contributed by atoms with Gasteiger partial charge in [-0.15, -0.1) is 11.3 Å². The molecule has 2 aromatic heterocycles.